The number of fused-ring (bicyclic) bond motifs is 3. The molecular formula is C16H19NO3. The zero-order valence-corrected chi connectivity index (χ0v) is 11.7. The molecule has 106 valence electrons. The molecule has 2 aromatic rings. The molecule has 0 amide bonds. The summed E-state index contributed by atoms with van der Waals surface area (Å²) in [5.41, 5.74) is 4.28. The van der Waals surface area contributed by atoms with Gasteiger partial charge < -0.3 is 14.4 Å². The van der Waals surface area contributed by atoms with Gasteiger partial charge in [-0.1, -0.05) is 12.1 Å². The summed E-state index contributed by atoms with van der Waals surface area (Å²) in [7, 11) is 1.41. The fourth-order valence-corrected chi connectivity index (χ4v) is 3.28. The van der Waals surface area contributed by atoms with Crippen LogP contribution < -0.4 is 0 Å². The Morgan fingerprint density at radius 3 is 3.00 bits per heavy atom. The number of para-hydroxylation sites is 1. The van der Waals surface area contributed by atoms with Crippen molar-refractivity contribution in [2.75, 3.05) is 13.7 Å². The molecule has 1 aromatic carbocycles. The molecule has 0 saturated heterocycles. The molecule has 0 saturated carbocycles. The molecule has 0 fully saturated rings. The van der Waals surface area contributed by atoms with Gasteiger partial charge in [-0.3, -0.25) is 0 Å². The first-order valence-electron chi connectivity index (χ1n) is 7.10. The number of aryl methyl sites for hydroxylation is 2. The third kappa shape index (κ3) is 1.91. The predicted octanol–water partition coefficient (Wildman–Crippen LogP) is 2.30. The zero-order valence-electron chi connectivity index (χ0n) is 11.7. The average molecular weight is 273 g/mol. The minimum atomic E-state index is -0.294. The van der Waals surface area contributed by atoms with Crippen molar-refractivity contribution >= 4 is 16.9 Å². The SMILES string of the molecule is COC(=O)c1cccc2c3c(n(CCCO)c12)CCC3. The Hall–Kier alpha value is -1.81. The number of methoxy groups -OCH3 is 1. The number of benzene rings is 1. The molecule has 1 N–H and O–H groups in total. The lowest BCUT2D eigenvalue weighted by Gasteiger charge is -2.11. The summed E-state index contributed by atoms with van der Waals surface area (Å²) in [4.78, 5) is 12.0. The number of esters is 1. The highest BCUT2D eigenvalue weighted by Crippen LogP contribution is 2.35. The molecule has 1 aromatic heterocycles. The monoisotopic (exact) mass is 273 g/mol. The van der Waals surface area contributed by atoms with E-state index in [-0.39, 0.29) is 12.6 Å². The van der Waals surface area contributed by atoms with Gasteiger partial charge >= 0.3 is 5.97 Å². The first-order valence-corrected chi connectivity index (χ1v) is 7.10. The van der Waals surface area contributed by atoms with Crippen molar-refractivity contribution in [3.05, 3.63) is 35.0 Å². The third-order valence-electron chi connectivity index (χ3n) is 4.09. The van der Waals surface area contributed by atoms with Gasteiger partial charge in [0.2, 0.25) is 0 Å². The van der Waals surface area contributed by atoms with Gasteiger partial charge in [-0.25, -0.2) is 4.79 Å². The van der Waals surface area contributed by atoms with Crippen LogP contribution in [0.25, 0.3) is 10.9 Å². The number of nitrogens with zero attached hydrogens (tertiary/aromatic N) is 1. The van der Waals surface area contributed by atoms with Gasteiger partial charge in [0.05, 0.1) is 18.2 Å². The van der Waals surface area contributed by atoms with Gasteiger partial charge in [-0.2, -0.15) is 0 Å². The van der Waals surface area contributed by atoms with Crippen LogP contribution in [0.15, 0.2) is 18.2 Å². The van der Waals surface area contributed by atoms with Crippen LogP contribution in [0.3, 0.4) is 0 Å². The van der Waals surface area contributed by atoms with Crippen molar-refractivity contribution in [2.45, 2.75) is 32.2 Å². The number of carbonyl (C=O) groups is 1. The van der Waals surface area contributed by atoms with Crippen LogP contribution in [-0.4, -0.2) is 29.4 Å². The Morgan fingerprint density at radius 2 is 2.25 bits per heavy atom. The molecule has 4 nitrogen and oxygen atoms in total. The number of aliphatic hydroxyl groups excluding tert-OH is 1. The first-order chi connectivity index (χ1) is 9.77. The van der Waals surface area contributed by atoms with Crippen LogP contribution in [0.4, 0.5) is 0 Å². The van der Waals surface area contributed by atoms with Crippen molar-refractivity contribution in [1.29, 1.82) is 0 Å². The van der Waals surface area contributed by atoms with Crippen molar-refractivity contribution in [1.82, 2.24) is 4.57 Å². The Bertz CT molecular complexity index is 657. The molecule has 3 rings (SSSR count). The van der Waals surface area contributed by atoms with Gasteiger partial charge in [0.25, 0.3) is 0 Å². The van der Waals surface area contributed by atoms with Crippen molar-refractivity contribution < 1.29 is 14.6 Å². The number of ether oxygens (including phenoxy) is 1. The van der Waals surface area contributed by atoms with Gasteiger partial charge in [-0.05, 0) is 37.3 Å². The summed E-state index contributed by atoms with van der Waals surface area (Å²) < 4.78 is 7.11. The second kappa shape index (κ2) is 5.29. The highest BCUT2D eigenvalue weighted by molar-refractivity contribution is 6.04. The highest BCUT2D eigenvalue weighted by atomic mass is 16.5. The number of hydrogen-bond acceptors (Lipinski definition) is 3. The Labute approximate surface area is 118 Å². The number of aliphatic hydroxyl groups is 1. The standard InChI is InChI=1S/C16H19NO3/c1-20-16(19)13-7-2-6-12-11-5-3-8-14(11)17(15(12)13)9-4-10-18/h2,6-7,18H,3-5,8-10H2,1H3. The van der Waals surface area contributed by atoms with Gasteiger partial charge in [0.1, 0.15) is 0 Å². The van der Waals surface area contributed by atoms with Gasteiger partial charge in [0.15, 0.2) is 0 Å². The average Bonchev–Trinajstić information content (AvgIpc) is 3.05. The van der Waals surface area contributed by atoms with Gasteiger partial charge in [-0.15, -0.1) is 0 Å². The summed E-state index contributed by atoms with van der Waals surface area (Å²) in [6.45, 7) is 0.908. The van der Waals surface area contributed by atoms with E-state index in [1.54, 1.807) is 0 Å². The first kappa shape index (κ1) is 13.2. The van der Waals surface area contributed by atoms with E-state index in [2.05, 4.69) is 10.6 Å². The third-order valence-corrected chi connectivity index (χ3v) is 4.09. The van der Waals surface area contributed by atoms with E-state index in [9.17, 15) is 4.79 Å². The summed E-state index contributed by atoms with van der Waals surface area (Å²) in [5, 5.41) is 10.3. The highest BCUT2D eigenvalue weighted by Gasteiger charge is 2.24. The van der Waals surface area contributed by atoms with E-state index in [4.69, 9.17) is 9.84 Å². The van der Waals surface area contributed by atoms with Crippen LogP contribution in [0.2, 0.25) is 0 Å². The van der Waals surface area contributed by atoms with Crippen LogP contribution >= 0.6 is 0 Å². The quantitative estimate of drug-likeness (QED) is 0.870. The van der Waals surface area contributed by atoms with Crippen LogP contribution in [-0.2, 0) is 24.1 Å². The van der Waals surface area contributed by atoms with E-state index in [0.717, 1.165) is 24.9 Å². The molecule has 1 aliphatic rings. The molecule has 0 bridgehead atoms. The topological polar surface area (TPSA) is 51.5 Å². The van der Waals surface area contributed by atoms with Crippen molar-refractivity contribution in [3.8, 4) is 0 Å². The normalized spacial score (nSPS) is 13.7. The summed E-state index contributed by atoms with van der Waals surface area (Å²) >= 11 is 0. The van der Waals surface area contributed by atoms with Gasteiger partial charge in [0, 0.05) is 24.2 Å². The smallest absolute Gasteiger partial charge is 0.340 e. The largest absolute Gasteiger partial charge is 0.465 e. The number of carbonyl (C=O) groups excluding carboxylic acids is 1. The van der Waals surface area contributed by atoms with Crippen LogP contribution in [0.5, 0.6) is 0 Å². The lowest BCUT2D eigenvalue weighted by atomic mass is 10.1. The maximum Gasteiger partial charge on any atom is 0.340 e. The molecule has 0 radical (unpaired) electrons. The van der Waals surface area contributed by atoms with E-state index in [0.29, 0.717) is 12.0 Å². The minimum absolute atomic E-state index is 0.162. The summed E-state index contributed by atoms with van der Waals surface area (Å²) in [5.74, 6) is -0.294. The second-order valence-corrected chi connectivity index (χ2v) is 5.20. The molecule has 4 heteroatoms. The maximum atomic E-state index is 12.0. The molecule has 1 aliphatic carbocycles. The molecule has 1 heterocycles. The fraction of sp³-hybridized carbons (Fsp3) is 0.438. The predicted molar refractivity (Wildman–Crippen MR) is 77.0 cm³/mol. The number of aromatic nitrogens is 1. The zero-order chi connectivity index (χ0) is 14.1. The van der Waals surface area contributed by atoms with Crippen LogP contribution in [0.1, 0.15) is 34.5 Å². The molecule has 0 spiro atoms. The van der Waals surface area contributed by atoms with E-state index in [1.165, 1.54) is 30.2 Å². The van der Waals surface area contributed by atoms with E-state index in [1.807, 2.05) is 12.1 Å². The molecule has 20 heavy (non-hydrogen) atoms. The fourth-order valence-electron chi connectivity index (χ4n) is 3.28. The minimum Gasteiger partial charge on any atom is -0.465 e. The van der Waals surface area contributed by atoms with Crippen molar-refractivity contribution in [2.24, 2.45) is 0 Å². The Balaban J connectivity index is 2.25. The Morgan fingerprint density at radius 1 is 1.40 bits per heavy atom. The number of rotatable bonds is 4. The lowest BCUT2D eigenvalue weighted by Crippen LogP contribution is -2.09. The molecule has 0 atom stereocenters. The van der Waals surface area contributed by atoms with Crippen molar-refractivity contribution in [3.63, 3.8) is 0 Å². The number of hydrogen-bond donors (Lipinski definition) is 1. The molecular weight excluding hydrogens is 254 g/mol. The van der Waals surface area contributed by atoms with E-state index >= 15 is 0 Å². The lowest BCUT2D eigenvalue weighted by molar-refractivity contribution is 0.0602. The second-order valence-electron chi connectivity index (χ2n) is 5.20. The van der Waals surface area contributed by atoms with Crippen LogP contribution in [0, 0.1) is 0 Å². The molecule has 0 aliphatic heterocycles. The van der Waals surface area contributed by atoms with E-state index < -0.39 is 0 Å². The molecule has 0 unspecified atom stereocenters. The summed E-state index contributed by atoms with van der Waals surface area (Å²) in [6.07, 6.45) is 3.99. The Kier molecular flexibility index (Phi) is 3.49. The maximum absolute atomic E-state index is 12.0. The summed E-state index contributed by atoms with van der Waals surface area (Å²) in [6, 6.07) is 5.82.